The molecule has 0 rings (SSSR count). The lowest BCUT2D eigenvalue weighted by molar-refractivity contribution is 0.0587. The van der Waals surface area contributed by atoms with Crippen LogP contribution in [0.15, 0.2) is 77.3 Å². The molecule has 0 aliphatic rings. The highest BCUT2D eigenvalue weighted by Gasteiger charge is 2.09. The van der Waals surface area contributed by atoms with Crippen LogP contribution in [0.5, 0.6) is 0 Å². The molecule has 0 radical (unpaired) electrons. The Morgan fingerprint density at radius 2 is 1.70 bits per heavy atom. The summed E-state index contributed by atoms with van der Waals surface area (Å²) in [7, 11) is 0. The Morgan fingerprint density at radius 3 is 2.20 bits per heavy atom. The number of allylic oxidation sites excluding steroid dienone is 8. The monoisotopic (exact) mass is 414 g/mol. The summed E-state index contributed by atoms with van der Waals surface area (Å²) in [5.74, 6) is 1.56. The Labute approximate surface area is 184 Å². The van der Waals surface area contributed by atoms with Crippen LogP contribution in [0.3, 0.4) is 0 Å². The largest absolute Gasteiger partial charge is 0.494 e. The Kier molecular flexibility index (Phi) is 14.3. The van der Waals surface area contributed by atoms with Gasteiger partial charge in [0, 0.05) is 25.3 Å². The third-order valence-corrected chi connectivity index (χ3v) is 3.78. The molecule has 0 amide bonds. The van der Waals surface area contributed by atoms with Crippen LogP contribution in [0.25, 0.3) is 0 Å². The number of ether oxygens (including phenoxy) is 2. The van der Waals surface area contributed by atoms with Crippen molar-refractivity contribution in [2.75, 3.05) is 19.8 Å². The molecule has 0 fully saturated rings. The second kappa shape index (κ2) is 15.5. The number of rotatable bonds is 14. The van der Waals surface area contributed by atoms with Gasteiger partial charge in [0.05, 0.1) is 13.2 Å². The van der Waals surface area contributed by atoms with E-state index in [1.54, 1.807) is 6.08 Å². The van der Waals surface area contributed by atoms with Gasteiger partial charge in [-0.15, -0.1) is 0 Å². The molecular formula is C26H42N2O2. The standard InChI is InChI=1S/C26H42N2O2/c1-10-22(23(11-2)19-27-25(13-4)28-21(5)6)15-16-24(12-3)30-18-14-17-29-20-26(7,8)9/h10-13,15-16,19,21,28H,1,3,14,17-18,20H2,2,4-9H3/b22-15+,23-11+,24-16+,25-13+,27-19-. The fourth-order valence-electron chi connectivity index (χ4n) is 2.30. The minimum atomic E-state index is 0.186. The van der Waals surface area contributed by atoms with Crippen LogP contribution in [0.1, 0.15) is 54.9 Å². The van der Waals surface area contributed by atoms with Crippen molar-refractivity contribution < 1.29 is 9.47 Å². The maximum Gasteiger partial charge on any atom is 0.121 e. The van der Waals surface area contributed by atoms with Crippen LogP contribution in [0.2, 0.25) is 0 Å². The Bertz CT molecular complexity index is 672. The van der Waals surface area contributed by atoms with Gasteiger partial charge in [0.15, 0.2) is 0 Å². The summed E-state index contributed by atoms with van der Waals surface area (Å²) in [5.41, 5.74) is 2.12. The smallest absolute Gasteiger partial charge is 0.121 e. The van der Waals surface area contributed by atoms with E-state index in [-0.39, 0.29) is 5.41 Å². The van der Waals surface area contributed by atoms with Crippen molar-refractivity contribution >= 4 is 6.21 Å². The van der Waals surface area contributed by atoms with Gasteiger partial charge >= 0.3 is 0 Å². The predicted molar refractivity (Wildman–Crippen MR) is 132 cm³/mol. The highest BCUT2D eigenvalue weighted by Crippen LogP contribution is 2.14. The van der Waals surface area contributed by atoms with Crippen LogP contribution < -0.4 is 5.32 Å². The summed E-state index contributed by atoms with van der Waals surface area (Å²) < 4.78 is 11.5. The van der Waals surface area contributed by atoms with Crippen LogP contribution in [0, 0.1) is 5.41 Å². The molecule has 30 heavy (non-hydrogen) atoms. The highest BCUT2D eigenvalue weighted by atomic mass is 16.5. The number of aliphatic imine (C=N–C) groups is 1. The van der Waals surface area contributed by atoms with E-state index in [9.17, 15) is 0 Å². The average molecular weight is 415 g/mol. The summed E-state index contributed by atoms with van der Waals surface area (Å²) in [4.78, 5) is 4.55. The third-order valence-electron chi connectivity index (χ3n) is 3.78. The molecule has 0 aromatic rings. The maximum absolute atomic E-state index is 5.80. The van der Waals surface area contributed by atoms with E-state index in [4.69, 9.17) is 9.47 Å². The summed E-state index contributed by atoms with van der Waals surface area (Å²) in [6, 6.07) is 0.325. The lowest BCUT2D eigenvalue weighted by atomic mass is 9.99. The zero-order chi connectivity index (χ0) is 23.0. The molecule has 1 N–H and O–H groups in total. The molecule has 0 aromatic heterocycles. The first kappa shape index (κ1) is 27.7. The van der Waals surface area contributed by atoms with Crippen molar-refractivity contribution in [3.8, 4) is 0 Å². The maximum atomic E-state index is 5.80. The van der Waals surface area contributed by atoms with Gasteiger partial charge in [-0.3, -0.25) is 0 Å². The normalized spacial score (nSPS) is 14.4. The van der Waals surface area contributed by atoms with Crippen LogP contribution in [-0.4, -0.2) is 32.1 Å². The van der Waals surface area contributed by atoms with Crippen LogP contribution in [0.4, 0.5) is 0 Å². The minimum Gasteiger partial charge on any atom is -0.494 e. The predicted octanol–water partition coefficient (Wildman–Crippen LogP) is 6.51. The van der Waals surface area contributed by atoms with Crippen LogP contribution in [-0.2, 0) is 9.47 Å². The van der Waals surface area contributed by atoms with Gasteiger partial charge in [-0.05, 0) is 62.5 Å². The first-order valence-electron chi connectivity index (χ1n) is 10.7. The van der Waals surface area contributed by atoms with E-state index in [0.717, 1.165) is 30.0 Å². The molecule has 168 valence electrons. The van der Waals surface area contributed by atoms with Gasteiger partial charge < -0.3 is 14.8 Å². The van der Waals surface area contributed by atoms with E-state index < -0.39 is 0 Å². The molecule has 0 heterocycles. The average Bonchev–Trinajstić information content (AvgIpc) is 2.68. The Morgan fingerprint density at radius 1 is 1.00 bits per heavy atom. The van der Waals surface area contributed by atoms with Crippen molar-refractivity contribution in [2.45, 2.75) is 60.9 Å². The van der Waals surface area contributed by atoms with E-state index in [1.807, 2.05) is 50.4 Å². The molecule has 0 unspecified atom stereocenters. The lowest BCUT2D eigenvalue weighted by Gasteiger charge is -2.17. The first-order valence-corrected chi connectivity index (χ1v) is 10.7. The zero-order valence-corrected chi connectivity index (χ0v) is 20.1. The molecule has 0 saturated heterocycles. The number of hydrogen-bond acceptors (Lipinski definition) is 4. The molecule has 0 aliphatic heterocycles. The molecule has 0 atom stereocenters. The fraction of sp³-hybridized carbons (Fsp3) is 0.500. The molecule has 4 heteroatoms. The van der Waals surface area contributed by atoms with Crippen molar-refractivity contribution in [1.29, 1.82) is 0 Å². The number of hydrogen-bond donors (Lipinski definition) is 1. The third kappa shape index (κ3) is 13.8. The van der Waals surface area contributed by atoms with Gasteiger partial charge in [-0.1, -0.05) is 52.2 Å². The van der Waals surface area contributed by atoms with Gasteiger partial charge in [0.25, 0.3) is 0 Å². The number of nitrogens with zero attached hydrogens (tertiary/aromatic N) is 1. The van der Waals surface area contributed by atoms with Crippen molar-refractivity contribution in [3.05, 3.63) is 72.3 Å². The van der Waals surface area contributed by atoms with Gasteiger partial charge in [-0.25, -0.2) is 4.99 Å². The van der Waals surface area contributed by atoms with E-state index in [2.05, 4.69) is 58.1 Å². The summed E-state index contributed by atoms with van der Waals surface area (Å²) >= 11 is 0. The van der Waals surface area contributed by atoms with Crippen molar-refractivity contribution in [3.63, 3.8) is 0 Å². The highest BCUT2D eigenvalue weighted by molar-refractivity contribution is 5.86. The zero-order valence-electron chi connectivity index (χ0n) is 20.1. The SMILES string of the molecule is C=C\C(=C/C=C(C=C)/C(/C=N\C(=C/C)NC(C)C)=C/C)OCCCOCC(C)(C)C. The molecule has 4 nitrogen and oxygen atoms in total. The second-order valence-corrected chi connectivity index (χ2v) is 8.39. The Hall–Kier alpha value is -2.33. The van der Waals surface area contributed by atoms with Gasteiger partial charge in [0.1, 0.15) is 11.6 Å². The van der Waals surface area contributed by atoms with Gasteiger partial charge in [0.2, 0.25) is 0 Å². The van der Waals surface area contributed by atoms with E-state index >= 15 is 0 Å². The summed E-state index contributed by atoms with van der Waals surface area (Å²) in [5, 5.41) is 3.31. The topological polar surface area (TPSA) is 42.9 Å². The van der Waals surface area contributed by atoms with Crippen molar-refractivity contribution in [2.24, 2.45) is 10.4 Å². The van der Waals surface area contributed by atoms with Gasteiger partial charge in [-0.2, -0.15) is 0 Å². The van der Waals surface area contributed by atoms with Crippen molar-refractivity contribution in [1.82, 2.24) is 5.32 Å². The number of nitrogens with one attached hydrogen (secondary N) is 1. The minimum absolute atomic E-state index is 0.186. The molecule has 0 spiro atoms. The van der Waals surface area contributed by atoms with E-state index in [1.165, 1.54) is 0 Å². The molecule has 0 saturated carbocycles. The Balaban J connectivity index is 4.94. The molecular weight excluding hydrogens is 372 g/mol. The lowest BCUT2D eigenvalue weighted by Crippen LogP contribution is -2.20. The fourth-order valence-corrected chi connectivity index (χ4v) is 2.30. The molecule has 0 aromatic carbocycles. The molecule has 0 bridgehead atoms. The van der Waals surface area contributed by atoms with Crippen LogP contribution >= 0.6 is 0 Å². The van der Waals surface area contributed by atoms with E-state index in [0.29, 0.717) is 25.0 Å². The first-order chi connectivity index (χ1) is 14.2. The molecule has 0 aliphatic carbocycles. The quantitative estimate of drug-likeness (QED) is 0.152. The summed E-state index contributed by atoms with van der Waals surface area (Å²) in [6.45, 7) is 24.4. The second-order valence-electron chi connectivity index (χ2n) is 8.39. The summed E-state index contributed by atoms with van der Waals surface area (Å²) in [6.07, 6.45) is 14.0.